The summed E-state index contributed by atoms with van der Waals surface area (Å²) in [6.07, 6.45) is -0.211. The highest BCUT2D eigenvalue weighted by atomic mass is 32.1. The third-order valence-corrected chi connectivity index (χ3v) is 4.07. The first kappa shape index (κ1) is 16.0. The first-order valence-electron chi connectivity index (χ1n) is 6.82. The zero-order valence-electron chi connectivity index (χ0n) is 12.4. The number of halogens is 2. The van der Waals surface area contributed by atoms with Crippen molar-refractivity contribution in [1.82, 2.24) is 4.98 Å². The minimum atomic E-state index is -0.732. The molecule has 0 saturated heterocycles. The second-order valence-corrected chi connectivity index (χ2v) is 7.12. The largest absolute Gasteiger partial charge is 0.392 e. The molecule has 0 spiro atoms. The van der Waals surface area contributed by atoms with E-state index in [1.165, 1.54) is 23.5 Å². The van der Waals surface area contributed by atoms with Gasteiger partial charge in [0.25, 0.3) is 0 Å². The van der Waals surface area contributed by atoms with Crippen LogP contribution in [0.5, 0.6) is 0 Å². The molecule has 0 fully saturated rings. The van der Waals surface area contributed by atoms with Crippen LogP contribution in [0, 0.1) is 11.6 Å². The Balaban J connectivity index is 2.01. The summed E-state index contributed by atoms with van der Waals surface area (Å²) in [5.41, 5.74) is 1.28. The van der Waals surface area contributed by atoms with Crippen LogP contribution in [0.4, 0.5) is 8.78 Å². The van der Waals surface area contributed by atoms with Crippen LogP contribution in [-0.2, 0) is 18.3 Å². The van der Waals surface area contributed by atoms with Crippen LogP contribution < -0.4 is 0 Å². The Hall–Kier alpha value is -1.33. The predicted octanol–water partition coefficient (Wildman–Crippen LogP) is 3.86. The van der Waals surface area contributed by atoms with Crippen LogP contribution in [0.2, 0.25) is 0 Å². The number of aliphatic hydroxyl groups excluding tert-OH is 1. The molecule has 1 N–H and O–H groups in total. The van der Waals surface area contributed by atoms with Gasteiger partial charge in [0.15, 0.2) is 0 Å². The fraction of sp³-hybridized carbons (Fsp3) is 0.438. The summed E-state index contributed by atoms with van der Waals surface area (Å²) < 4.78 is 26.4. The van der Waals surface area contributed by atoms with Gasteiger partial charge in [0, 0.05) is 29.7 Å². The van der Waals surface area contributed by atoms with Crippen LogP contribution in [0.1, 0.15) is 37.0 Å². The summed E-state index contributed by atoms with van der Waals surface area (Å²) in [5, 5.41) is 12.9. The van der Waals surface area contributed by atoms with Crippen LogP contribution in [-0.4, -0.2) is 16.2 Å². The van der Waals surface area contributed by atoms with E-state index in [0.29, 0.717) is 12.0 Å². The van der Waals surface area contributed by atoms with Crippen molar-refractivity contribution in [3.05, 3.63) is 51.5 Å². The Morgan fingerprint density at radius 3 is 2.52 bits per heavy atom. The summed E-state index contributed by atoms with van der Waals surface area (Å²) in [7, 11) is 0. The molecule has 0 amide bonds. The molecule has 5 heteroatoms. The molecule has 0 bridgehead atoms. The average Bonchev–Trinajstić information content (AvgIpc) is 2.81. The van der Waals surface area contributed by atoms with Crippen molar-refractivity contribution >= 4 is 11.3 Å². The molecule has 0 aliphatic carbocycles. The summed E-state index contributed by atoms with van der Waals surface area (Å²) in [4.78, 5) is 4.50. The highest BCUT2D eigenvalue weighted by molar-refractivity contribution is 7.09. The van der Waals surface area contributed by atoms with Gasteiger partial charge in [0.05, 0.1) is 16.8 Å². The van der Waals surface area contributed by atoms with Crippen molar-refractivity contribution in [3.63, 3.8) is 0 Å². The van der Waals surface area contributed by atoms with Crippen molar-refractivity contribution in [3.8, 4) is 0 Å². The van der Waals surface area contributed by atoms with E-state index in [0.717, 1.165) is 16.8 Å². The maximum atomic E-state index is 13.5. The molecule has 2 nitrogen and oxygen atoms in total. The molecule has 2 rings (SSSR count). The van der Waals surface area contributed by atoms with Crippen LogP contribution in [0.3, 0.4) is 0 Å². The second-order valence-electron chi connectivity index (χ2n) is 6.17. The lowest BCUT2D eigenvalue weighted by Crippen LogP contribution is -2.16. The molecule has 0 saturated carbocycles. The molecule has 1 aromatic heterocycles. The van der Waals surface area contributed by atoms with Crippen molar-refractivity contribution in [2.24, 2.45) is 0 Å². The minimum Gasteiger partial charge on any atom is -0.392 e. The van der Waals surface area contributed by atoms with Gasteiger partial charge in [0.1, 0.15) is 11.6 Å². The highest BCUT2D eigenvalue weighted by Crippen LogP contribution is 2.25. The van der Waals surface area contributed by atoms with Gasteiger partial charge in [-0.05, 0) is 11.6 Å². The SMILES string of the molecule is CC(C)(C)c1csc(CC(O)Cc2ccc(F)cc2F)n1. The molecular formula is C16H19F2NOS. The lowest BCUT2D eigenvalue weighted by atomic mass is 9.93. The second kappa shape index (κ2) is 6.20. The van der Waals surface area contributed by atoms with E-state index in [1.807, 2.05) is 5.38 Å². The van der Waals surface area contributed by atoms with Gasteiger partial charge in [-0.2, -0.15) is 0 Å². The van der Waals surface area contributed by atoms with E-state index >= 15 is 0 Å². The number of benzene rings is 1. The van der Waals surface area contributed by atoms with Crippen molar-refractivity contribution in [2.45, 2.75) is 45.1 Å². The van der Waals surface area contributed by atoms with Crippen LogP contribution in [0.25, 0.3) is 0 Å². The number of thiazole rings is 1. The Labute approximate surface area is 127 Å². The van der Waals surface area contributed by atoms with Gasteiger partial charge in [-0.1, -0.05) is 26.8 Å². The normalized spacial score (nSPS) is 13.4. The van der Waals surface area contributed by atoms with Crippen LogP contribution in [0.15, 0.2) is 23.6 Å². The molecule has 0 aliphatic heterocycles. The molecule has 21 heavy (non-hydrogen) atoms. The van der Waals surface area contributed by atoms with Gasteiger partial charge in [-0.25, -0.2) is 13.8 Å². The molecule has 2 aromatic rings. The van der Waals surface area contributed by atoms with Crippen LogP contribution >= 0.6 is 11.3 Å². The van der Waals surface area contributed by atoms with Crippen molar-refractivity contribution in [1.29, 1.82) is 0 Å². The predicted molar refractivity (Wildman–Crippen MR) is 80.6 cm³/mol. The number of hydrogen-bond acceptors (Lipinski definition) is 3. The molecule has 1 heterocycles. The summed E-state index contributed by atoms with van der Waals surface area (Å²) >= 11 is 1.50. The fourth-order valence-electron chi connectivity index (χ4n) is 1.96. The lowest BCUT2D eigenvalue weighted by Gasteiger charge is -2.14. The average molecular weight is 311 g/mol. The Morgan fingerprint density at radius 1 is 1.24 bits per heavy atom. The maximum absolute atomic E-state index is 13.5. The molecule has 1 aromatic carbocycles. The Kier molecular flexibility index (Phi) is 4.74. The molecule has 1 atom stereocenters. The molecule has 1 unspecified atom stereocenters. The smallest absolute Gasteiger partial charge is 0.129 e. The van der Waals surface area contributed by atoms with E-state index in [4.69, 9.17) is 0 Å². The number of rotatable bonds is 4. The fourth-order valence-corrected chi connectivity index (χ4v) is 3.06. The van der Waals surface area contributed by atoms with E-state index in [1.54, 1.807) is 0 Å². The Bertz CT molecular complexity index is 619. The first-order chi connectivity index (χ1) is 9.75. The molecule has 0 aliphatic rings. The zero-order valence-corrected chi connectivity index (χ0v) is 13.2. The van der Waals surface area contributed by atoms with Gasteiger partial charge < -0.3 is 5.11 Å². The van der Waals surface area contributed by atoms with Gasteiger partial charge in [-0.15, -0.1) is 11.3 Å². The third-order valence-electron chi connectivity index (χ3n) is 3.20. The molecule has 0 radical (unpaired) electrons. The van der Waals surface area contributed by atoms with Crippen molar-refractivity contribution in [2.75, 3.05) is 0 Å². The number of hydrogen-bond donors (Lipinski definition) is 1. The van der Waals surface area contributed by atoms with Gasteiger partial charge in [-0.3, -0.25) is 0 Å². The topological polar surface area (TPSA) is 33.1 Å². The summed E-state index contributed by atoms with van der Waals surface area (Å²) in [6.45, 7) is 6.24. The summed E-state index contributed by atoms with van der Waals surface area (Å²) in [5.74, 6) is -1.23. The number of nitrogens with zero attached hydrogens (tertiary/aromatic N) is 1. The van der Waals surface area contributed by atoms with E-state index < -0.39 is 17.7 Å². The minimum absolute atomic E-state index is 0.0250. The highest BCUT2D eigenvalue weighted by Gasteiger charge is 2.19. The quantitative estimate of drug-likeness (QED) is 0.930. The zero-order chi connectivity index (χ0) is 15.6. The third kappa shape index (κ3) is 4.32. The molecular weight excluding hydrogens is 292 g/mol. The van der Waals surface area contributed by atoms with E-state index in [9.17, 15) is 13.9 Å². The Morgan fingerprint density at radius 2 is 1.95 bits per heavy atom. The molecule has 114 valence electrons. The van der Waals surface area contributed by atoms with E-state index in [-0.39, 0.29) is 11.8 Å². The summed E-state index contributed by atoms with van der Waals surface area (Å²) in [6, 6.07) is 3.41. The standard InChI is InChI=1S/C16H19F2NOS/c1-16(2,3)14-9-21-15(19-14)8-12(20)6-10-4-5-11(17)7-13(10)18/h4-5,7,9,12,20H,6,8H2,1-3H3. The van der Waals surface area contributed by atoms with Crippen molar-refractivity contribution < 1.29 is 13.9 Å². The van der Waals surface area contributed by atoms with Gasteiger partial charge in [0.2, 0.25) is 0 Å². The first-order valence-corrected chi connectivity index (χ1v) is 7.70. The van der Waals surface area contributed by atoms with Gasteiger partial charge >= 0.3 is 0 Å². The maximum Gasteiger partial charge on any atom is 0.129 e. The monoisotopic (exact) mass is 311 g/mol. The lowest BCUT2D eigenvalue weighted by molar-refractivity contribution is 0.174. The number of aromatic nitrogens is 1. The number of aliphatic hydroxyl groups is 1. The van der Waals surface area contributed by atoms with E-state index in [2.05, 4.69) is 25.8 Å².